The van der Waals surface area contributed by atoms with Gasteiger partial charge in [0.05, 0.1) is 19.6 Å². The third-order valence-corrected chi connectivity index (χ3v) is 3.43. The first-order chi connectivity index (χ1) is 9.52. The molecule has 1 saturated heterocycles. The summed E-state index contributed by atoms with van der Waals surface area (Å²) >= 11 is 0. The normalized spacial score (nSPS) is 14.6. The van der Waals surface area contributed by atoms with Gasteiger partial charge in [0.15, 0.2) is 0 Å². The highest BCUT2D eigenvalue weighted by Crippen LogP contribution is 2.21. The minimum Gasteiger partial charge on any atom is -0.496 e. The number of urea groups is 1. The molecular formula is C14H18N2O4. The molecule has 1 aromatic rings. The SMILES string of the molecule is COc1ccccc1CN(C)C(=O)N1CC(C(=O)O)C1. The van der Waals surface area contributed by atoms with Gasteiger partial charge in [0, 0.05) is 25.7 Å². The smallest absolute Gasteiger partial charge is 0.320 e. The first-order valence-electron chi connectivity index (χ1n) is 6.37. The molecule has 0 radical (unpaired) electrons. The van der Waals surface area contributed by atoms with Crippen molar-refractivity contribution in [2.24, 2.45) is 5.92 Å². The third-order valence-electron chi connectivity index (χ3n) is 3.43. The number of rotatable bonds is 4. The van der Waals surface area contributed by atoms with Crippen molar-refractivity contribution in [2.45, 2.75) is 6.54 Å². The summed E-state index contributed by atoms with van der Waals surface area (Å²) in [4.78, 5) is 25.9. The highest BCUT2D eigenvalue weighted by atomic mass is 16.5. The molecule has 0 bridgehead atoms. The van der Waals surface area contributed by atoms with Crippen molar-refractivity contribution in [1.29, 1.82) is 0 Å². The van der Waals surface area contributed by atoms with Crippen molar-refractivity contribution >= 4 is 12.0 Å². The van der Waals surface area contributed by atoms with E-state index in [0.717, 1.165) is 11.3 Å². The van der Waals surface area contributed by atoms with Crippen LogP contribution in [-0.4, -0.2) is 54.2 Å². The van der Waals surface area contributed by atoms with E-state index in [-0.39, 0.29) is 19.1 Å². The fourth-order valence-corrected chi connectivity index (χ4v) is 2.19. The van der Waals surface area contributed by atoms with Crippen molar-refractivity contribution in [3.8, 4) is 5.75 Å². The summed E-state index contributed by atoms with van der Waals surface area (Å²) in [6.07, 6.45) is 0. The number of methoxy groups -OCH3 is 1. The molecule has 0 aliphatic carbocycles. The van der Waals surface area contributed by atoms with E-state index in [4.69, 9.17) is 9.84 Å². The van der Waals surface area contributed by atoms with Gasteiger partial charge >= 0.3 is 12.0 Å². The number of likely N-dealkylation sites (tertiary alicyclic amines) is 1. The van der Waals surface area contributed by atoms with E-state index >= 15 is 0 Å². The molecule has 0 saturated carbocycles. The first kappa shape index (κ1) is 14.2. The van der Waals surface area contributed by atoms with Crippen molar-refractivity contribution < 1.29 is 19.4 Å². The van der Waals surface area contributed by atoms with Crippen LogP contribution in [-0.2, 0) is 11.3 Å². The Labute approximate surface area is 117 Å². The van der Waals surface area contributed by atoms with E-state index in [0.29, 0.717) is 6.54 Å². The molecule has 20 heavy (non-hydrogen) atoms. The van der Waals surface area contributed by atoms with Crippen molar-refractivity contribution in [3.63, 3.8) is 0 Å². The Morgan fingerprint density at radius 3 is 2.65 bits per heavy atom. The maximum atomic E-state index is 12.1. The average Bonchev–Trinajstić information content (AvgIpc) is 2.36. The Morgan fingerprint density at radius 2 is 2.05 bits per heavy atom. The largest absolute Gasteiger partial charge is 0.496 e. The number of carbonyl (C=O) groups is 2. The Balaban J connectivity index is 1.93. The quantitative estimate of drug-likeness (QED) is 0.900. The molecule has 6 heteroatoms. The van der Waals surface area contributed by atoms with Gasteiger partial charge in [-0.15, -0.1) is 0 Å². The second kappa shape index (κ2) is 5.81. The van der Waals surface area contributed by atoms with Crippen LogP contribution in [0.15, 0.2) is 24.3 Å². The number of aliphatic carboxylic acids is 1. The Hall–Kier alpha value is -2.24. The van der Waals surface area contributed by atoms with Crippen LogP contribution < -0.4 is 4.74 Å². The molecule has 0 unspecified atom stereocenters. The van der Waals surface area contributed by atoms with Crippen LogP contribution in [0.3, 0.4) is 0 Å². The van der Waals surface area contributed by atoms with Crippen LogP contribution in [0.25, 0.3) is 0 Å². The minimum atomic E-state index is -0.846. The Kier molecular flexibility index (Phi) is 4.12. The molecule has 1 heterocycles. The number of hydrogen-bond donors (Lipinski definition) is 1. The van der Waals surface area contributed by atoms with E-state index in [1.807, 2.05) is 24.3 Å². The molecule has 1 aliphatic rings. The van der Waals surface area contributed by atoms with Gasteiger partial charge in [-0.2, -0.15) is 0 Å². The van der Waals surface area contributed by atoms with Gasteiger partial charge < -0.3 is 19.6 Å². The van der Waals surface area contributed by atoms with Gasteiger partial charge in [-0.3, -0.25) is 4.79 Å². The van der Waals surface area contributed by atoms with E-state index in [9.17, 15) is 9.59 Å². The van der Waals surface area contributed by atoms with Crippen molar-refractivity contribution in [1.82, 2.24) is 9.80 Å². The summed E-state index contributed by atoms with van der Waals surface area (Å²) in [5.41, 5.74) is 0.918. The highest BCUT2D eigenvalue weighted by molar-refractivity contribution is 5.79. The summed E-state index contributed by atoms with van der Waals surface area (Å²) in [5, 5.41) is 8.81. The first-order valence-corrected chi connectivity index (χ1v) is 6.37. The molecule has 0 aromatic heterocycles. The van der Waals surface area contributed by atoms with Crippen LogP contribution >= 0.6 is 0 Å². The number of carboxylic acids is 1. The average molecular weight is 278 g/mol. The lowest BCUT2D eigenvalue weighted by Crippen LogP contribution is -2.56. The van der Waals surface area contributed by atoms with E-state index in [1.54, 1.807) is 19.1 Å². The maximum Gasteiger partial charge on any atom is 0.320 e. The van der Waals surface area contributed by atoms with Gasteiger partial charge in [-0.25, -0.2) is 4.79 Å². The molecule has 1 aliphatic heterocycles. The molecule has 2 rings (SSSR count). The second-order valence-electron chi connectivity index (χ2n) is 4.89. The minimum absolute atomic E-state index is 0.159. The van der Waals surface area contributed by atoms with E-state index < -0.39 is 11.9 Å². The predicted molar refractivity (Wildman–Crippen MR) is 72.6 cm³/mol. The fraction of sp³-hybridized carbons (Fsp3) is 0.429. The van der Waals surface area contributed by atoms with Crippen LogP contribution in [0.5, 0.6) is 5.75 Å². The van der Waals surface area contributed by atoms with Gasteiger partial charge in [0.25, 0.3) is 0 Å². The third kappa shape index (κ3) is 2.84. The molecule has 1 N–H and O–H groups in total. The van der Waals surface area contributed by atoms with Crippen molar-refractivity contribution in [3.05, 3.63) is 29.8 Å². The molecule has 1 fully saturated rings. The monoisotopic (exact) mass is 278 g/mol. The molecule has 108 valence electrons. The molecule has 1 aromatic carbocycles. The van der Waals surface area contributed by atoms with E-state index in [2.05, 4.69) is 0 Å². The van der Waals surface area contributed by atoms with Gasteiger partial charge in [-0.05, 0) is 6.07 Å². The number of amides is 2. The Morgan fingerprint density at radius 1 is 1.40 bits per heavy atom. The molecule has 0 spiro atoms. The van der Waals surface area contributed by atoms with E-state index in [1.165, 1.54) is 4.90 Å². The van der Waals surface area contributed by atoms with Crippen LogP contribution in [0.4, 0.5) is 4.79 Å². The number of benzene rings is 1. The van der Waals surface area contributed by atoms with Crippen LogP contribution in [0.1, 0.15) is 5.56 Å². The standard InChI is InChI=1S/C14H18N2O4/c1-15(7-10-5-3-4-6-12(10)20-2)14(19)16-8-11(9-16)13(17)18/h3-6,11H,7-9H2,1-2H3,(H,17,18). The maximum absolute atomic E-state index is 12.1. The molecule has 2 amide bonds. The zero-order valence-corrected chi connectivity index (χ0v) is 11.6. The number of nitrogens with zero attached hydrogens (tertiary/aromatic N) is 2. The number of carboxylic acid groups (broad SMARTS) is 1. The lowest BCUT2D eigenvalue weighted by atomic mass is 10.0. The number of para-hydroxylation sites is 1. The van der Waals surface area contributed by atoms with Gasteiger partial charge in [-0.1, -0.05) is 18.2 Å². The predicted octanol–water partition coefficient (Wildman–Crippen LogP) is 1.26. The molecule has 0 atom stereocenters. The van der Waals surface area contributed by atoms with Crippen molar-refractivity contribution in [2.75, 3.05) is 27.2 Å². The molecule has 6 nitrogen and oxygen atoms in total. The summed E-state index contributed by atoms with van der Waals surface area (Å²) in [5.74, 6) is -0.542. The second-order valence-corrected chi connectivity index (χ2v) is 4.89. The summed E-state index contributed by atoms with van der Waals surface area (Å²) in [6, 6.07) is 7.35. The van der Waals surface area contributed by atoms with Gasteiger partial charge in [0.1, 0.15) is 5.75 Å². The lowest BCUT2D eigenvalue weighted by molar-refractivity contribution is -0.146. The fourth-order valence-electron chi connectivity index (χ4n) is 2.19. The van der Waals surface area contributed by atoms with Gasteiger partial charge in [0.2, 0.25) is 0 Å². The lowest BCUT2D eigenvalue weighted by Gasteiger charge is -2.39. The number of hydrogen-bond acceptors (Lipinski definition) is 3. The highest BCUT2D eigenvalue weighted by Gasteiger charge is 2.36. The zero-order valence-electron chi connectivity index (χ0n) is 11.6. The Bertz CT molecular complexity index is 512. The number of ether oxygens (including phenoxy) is 1. The van der Waals surface area contributed by atoms with Crippen LogP contribution in [0.2, 0.25) is 0 Å². The zero-order chi connectivity index (χ0) is 14.7. The van der Waals surface area contributed by atoms with Crippen LogP contribution in [0, 0.1) is 5.92 Å². The summed E-state index contributed by atoms with van der Waals surface area (Å²) in [7, 11) is 3.29. The topological polar surface area (TPSA) is 70.1 Å². The summed E-state index contributed by atoms with van der Waals surface area (Å²) in [6.45, 7) is 0.992. The summed E-state index contributed by atoms with van der Waals surface area (Å²) < 4.78 is 5.25. The number of carbonyl (C=O) groups excluding carboxylic acids is 1. The molecular weight excluding hydrogens is 260 g/mol.